The number of benzene rings is 1. The fraction of sp³-hybridized carbons (Fsp3) is 0.462. The first-order chi connectivity index (χ1) is 11.5. The summed E-state index contributed by atoms with van der Waals surface area (Å²) in [5.41, 5.74) is -0.156. The van der Waals surface area contributed by atoms with Crippen LogP contribution < -0.4 is 5.32 Å². The quantitative estimate of drug-likeness (QED) is 0.722. The van der Waals surface area contributed by atoms with Gasteiger partial charge in [0.25, 0.3) is 0 Å². The molecule has 2 rings (SSSR count). The van der Waals surface area contributed by atoms with E-state index in [0.29, 0.717) is 5.56 Å². The maximum absolute atomic E-state index is 14.0. The summed E-state index contributed by atoms with van der Waals surface area (Å²) in [6, 6.07) is 2.98. The second kappa shape index (κ2) is 5.65. The summed E-state index contributed by atoms with van der Waals surface area (Å²) in [5, 5.41) is 1.15. The summed E-state index contributed by atoms with van der Waals surface area (Å²) in [4.78, 5) is 11.5. The van der Waals surface area contributed by atoms with E-state index in [2.05, 4.69) is 4.74 Å². The number of alkyl halides is 9. The number of halogens is 10. The van der Waals surface area contributed by atoms with Crippen LogP contribution in [0.3, 0.4) is 0 Å². The van der Waals surface area contributed by atoms with E-state index in [9.17, 15) is 44.3 Å². The van der Waals surface area contributed by atoms with Crippen LogP contribution in [-0.4, -0.2) is 35.6 Å². The van der Waals surface area contributed by atoms with Crippen molar-refractivity contribution in [2.24, 2.45) is 0 Å². The van der Waals surface area contributed by atoms with Gasteiger partial charge in [0, 0.05) is 10.7 Å². The lowest BCUT2D eigenvalue weighted by Crippen LogP contribution is -2.63. The van der Waals surface area contributed by atoms with Crippen molar-refractivity contribution >= 4 is 23.2 Å². The average molecular weight is 416 g/mol. The van der Waals surface area contributed by atoms with Crippen LogP contribution in [0.5, 0.6) is 0 Å². The summed E-state index contributed by atoms with van der Waals surface area (Å²) in [6.07, 6.45) is -6.29. The van der Waals surface area contributed by atoms with Gasteiger partial charge in [0.05, 0.1) is 0 Å². The fourth-order valence-electron chi connectivity index (χ4n) is 1.98. The smallest absolute Gasteiger partial charge is 0.321 e. The molecule has 0 unspecified atom stereocenters. The Morgan fingerprint density at radius 3 is 2.04 bits per heavy atom. The van der Waals surface area contributed by atoms with Crippen molar-refractivity contribution in [1.29, 1.82) is 0 Å². The van der Waals surface area contributed by atoms with Crippen molar-refractivity contribution in [3.8, 4) is 0 Å². The standard InChI is InChI=1S/C13H7ClF9NO2/c1-5-2-3-6(4-7(5)14)24-8(25)9(15,16)12(21)10(17,18)11(19,20)13(22,23)26-12/h2-4H,1H3,(H,24,25)/t12-/m1/s1. The van der Waals surface area contributed by atoms with Gasteiger partial charge in [-0.15, -0.1) is 0 Å². The van der Waals surface area contributed by atoms with Gasteiger partial charge >= 0.3 is 35.6 Å². The van der Waals surface area contributed by atoms with Crippen LogP contribution in [0.25, 0.3) is 0 Å². The second-order valence-corrected chi connectivity index (χ2v) is 5.76. The first-order valence-corrected chi connectivity index (χ1v) is 6.87. The fourth-order valence-corrected chi connectivity index (χ4v) is 2.16. The summed E-state index contributed by atoms with van der Waals surface area (Å²) < 4.78 is 122. The third kappa shape index (κ3) is 2.53. The molecule has 1 aliphatic rings. The van der Waals surface area contributed by atoms with Crippen molar-refractivity contribution in [2.75, 3.05) is 5.32 Å². The minimum Gasteiger partial charge on any atom is -0.321 e. The van der Waals surface area contributed by atoms with E-state index in [1.165, 1.54) is 18.3 Å². The largest absolute Gasteiger partial charge is 0.428 e. The third-order valence-electron chi connectivity index (χ3n) is 3.55. The number of ether oxygens (including phenoxy) is 1. The molecular formula is C13H7ClF9NO2. The zero-order valence-corrected chi connectivity index (χ0v) is 13.1. The number of nitrogens with one attached hydrogen (secondary N) is 1. The lowest BCUT2D eigenvalue weighted by atomic mass is 9.99. The van der Waals surface area contributed by atoms with Crippen LogP contribution in [0.15, 0.2) is 18.2 Å². The van der Waals surface area contributed by atoms with Gasteiger partial charge in [-0.2, -0.15) is 39.5 Å². The molecule has 1 saturated heterocycles. The molecule has 1 amide bonds. The van der Waals surface area contributed by atoms with Gasteiger partial charge in [-0.1, -0.05) is 17.7 Å². The van der Waals surface area contributed by atoms with E-state index in [0.717, 1.165) is 12.1 Å². The molecule has 3 nitrogen and oxygen atoms in total. The minimum absolute atomic E-state index is 0.0819. The van der Waals surface area contributed by atoms with E-state index in [4.69, 9.17) is 11.6 Å². The Morgan fingerprint density at radius 1 is 1.08 bits per heavy atom. The van der Waals surface area contributed by atoms with Crippen molar-refractivity contribution < 1.29 is 49.0 Å². The molecule has 1 atom stereocenters. The molecule has 1 N–H and O–H groups in total. The third-order valence-corrected chi connectivity index (χ3v) is 3.96. The number of carbonyl (C=O) groups excluding carboxylic acids is 1. The topological polar surface area (TPSA) is 38.3 Å². The van der Waals surface area contributed by atoms with E-state index in [1.807, 2.05) is 0 Å². The zero-order valence-electron chi connectivity index (χ0n) is 12.3. The molecule has 1 heterocycles. The molecule has 0 aromatic heterocycles. The predicted octanol–water partition coefficient (Wildman–Crippen LogP) is 4.78. The van der Waals surface area contributed by atoms with Crippen LogP contribution in [0.1, 0.15) is 5.56 Å². The number of carbonyl (C=O) groups is 1. The van der Waals surface area contributed by atoms with Gasteiger partial charge in [0.1, 0.15) is 0 Å². The highest BCUT2D eigenvalue weighted by atomic mass is 35.5. The number of hydrogen-bond acceptors (Lipinski definition) is 2. The Bertz CT molecular complexity index is 755. The van der Waals surface area contributed by atoms with Gasteiger partial charge in [-0.05, 0) is 24.6 Å². The Kier molecular flexibility index (Phi) is 4.48. The molecule has 1 aliphatic heterocycles. The summed E-state index contributed by atoms with van der Waals surface area (Å²) in [7, 11) is 0. The highest BCUT2D eigenvalue weighted by molar-refractivity contribution is 6.31. The summed E-state index contributed by atoms with van der Waals surface area (Å²) >= 11 is 5.63. The maximum Gasteiger partial charge on any atom is 0.428 e. The molecular weight excluding hydrogens is 409 g/mol. The molecule has 1 aromatic rings. The zero-order chi connectivity index (χ0) is 20.3. The highest BCUT2D eigenvalue weighted by Crippen LogP contribution is 2.64. The van der Waals surface area contributed by atoms with Crippen molar-refractivity contribution in [2.45, 2.75) is 36.7 Å². The SMILES string of the molecule is Cc1ccc(NC(=O)C(F)(F)[C@@]2(F)OC(F)(F)C(F)(F)C2(F)F)cc1Cl. The Hall–Kier alpha value is -1.69. The molecule has 146 valence electrons. The van der Waals surface area contributed by atoms with E-state index < -0.39 is 41.3 Å². The first-order valence-electron chi connectivity index (χ1n) is 6.49. The monoisotopic (exact) mass is 415 g/mol. The maximum atomic E-state index is 14.0. The highest BCUT2D eigenvalue weighted by Gasteiger charge is 2.96. The van der Waals surface area contributed by atoms with Crippen molar-refractivity contribution in [3.63, 3.8) is 0 Å². The number of hydrogen-bond donors (Lipinski definition) is 1. The van der Waals surface area contributed by atoms with Crippen molar-refractivity contribution in [1.82, 2.24) is 0 Å². The number of rotatable bonds is 3. The van der Waals surface area contributed by atoms with Gasteiger partial charge in [0.15, 0.2) is 0 Å². The summed E-state index contributed by atoms with van der Waals surface area (Å²) in [5.74, 6) is -28.7. The number of aryl methyl sites for hydroxylation is 1. The lowest BCUT2D eigenvalue weighted by Gasteiger charge is -2.31. The van der Waals surface area contributed by atoms with Crippen LogP contribution in [-0.2, 0) is 9.53 Å². The first kappa shape index (κ1) is 20.6. The molecule has 0 radical (unpaired) electrons. The van der Waals surface area contributed by atoms with Crippen LogP contribution in [0.2, 0.25) is 5.02 Å². The Balaban J connectivity index is 2.42. The Morgan fingerprint density at radius 2 is 1.62 bits per heavy atom. The molecule has 0 saturated carbocycles. The summed E-state index contributed by atoms with van der Waals surface area (Å²) in [6.45, 7) is 1.47. The van der Waals surface area contributed by atoms with Gasteiger partial charge in [-0.25, -0.2) is 0 Å². The average Bonchev–Trinajstić information content (AvgIpc) is 2.58. The lowest BCUT2D eigenvalue weighted by molar-refractivity contribution is -0.366. The normalized spacial score (nSPS) is 26.6. The van der Waals surface area contributed by atoms with E-state index in [-0.39, 0.29) is 5.02 Å². The molecule has 1 fully saturated rings. The molecule has 0 bridgehead atoms. The molecule has 13 heteroatoms. The van der Waals surface area contributed by atoms with E-state index >= 15 is 0 Å². The van der Waals surface area contributed by atoms with Gasteiger partial charge in [0.2, 0.25) is 0 Å². The molecule has 0 spiro atoms. The van der Waals surface area contributed by atoms with Gasteiger partial charge < -0.3 is 5.32 Å². The van der Waals surface area contributed by atoms with Crippen LogP contribution >= 0.6 is 11.6 Å². The van der Waals surface area contributed by atoms with Crippen LogP contribution in [0, 0.1) is 6.92 Å². The van der Waals surface area contributed by atoms with Crippen molar-refractivity contribution in [3.05, 3.63) is 28.8 Å². The molecule has 26 heavy (non-hydrogen) atoms. The Labute approximate surface area is 144 Å². The van der Waals surface area contributed by atoms with Gasteiger partial charge in [-0.3, -0.25) is 9.53 Å². The number of amides is 1. The van der Waals surface area contributed by atoms with Crippen LogP contribution in [0.4, 0.5) is 45.2 Å². The molecule has 0 aliphatic carbocycles. The number of anilines is 1. The second-order valence-electron chi connectivity index (χ2n) is 5.36. The van der Waals surface area contributed by atoms with E-state index in [1.54, 1.807) is 0 Å². The molecule has 1 aromatic carbocycles. The minimum atomic E-state index is -6.73. The predicted molar refractivity (Wildman–Crippen MR) is 69.5 cm³/mol.